The Labute approximate surface area is 144 Å². The van der Waals surface area contributed by atoms with Crippen molar-refractivity contribution in [1.29, 1.82) is 0 Å². The maximum absolute atomic E-state index is 12.2. The number of carbonyl (C=O) groups is 1. The number of hydrogen-bond donors (Lipinski definition) is 1. The maximum Gasteiger partial charge on any atom is 0.155 e. The maximum atomic E-state index is 12.2. The van der Waals surface area contributed by atoms with E-state index in [9.17, 15) is 4.79 Å². The van der Waals surface area contributed by atoms with E-state index in [1.807, 2.05) is 20.8 Å². The lowest BCUT2D eigenvalue weighted by atomic mass is 9.84. The van der Waals surface area contributed by atoms with Gasteiger partial charge in [0, 0.05) is 38.4 Å². The van der Waals surface area contributed by atoms with E-state index >= 15 is 0 Å². The van der Waals surface area contributed by atoms with Crippen LogP contribution in [0.2, 0.25) is 0 Å². The van der Waals surface area contributed by atoms with E-state index in [4.69, 9.17) is 9.47 Å². The zero-order valence-electron chi connectivity index (χ0n) is 17.2. The normalized spacial score (nSPS) is 13.5. The molecular formula is C19H41NO3. The first-order valence-corrected chi connectivity index (χ1v) is 8.65. The first-order valence-electron chi connectivity index (χ1n) is 8.65. The van der Waals surface area contributed by atoms with Crippen molar-refractivity contribution in [3.63, 3.8) is 0 Å². The molecule has 140 valence electrons. The lowest BCUT2D eigenvalue weighted by Gasteiger charge is -2.31. The first-order chi connectivity index (χ1) is 10.3. The molecular weight excluding hydrogens is 290 g/mol. The predicted molar refractivity (Wildman–Crippen MR) is 99.0 cm³/mol. The third-order valence-corrected chi connectivity index (χ3v) is 3.17. The van der Waals surface area contributed by atoms with Gasteiger partial charge in [0.2, 0.25) is 0 Å². The third kappa shape index (κ3) is 16.2. The second-order valence-electron chi connectivity index (χ2n) is 8.52. The second kappa shape index (κ2) is 12.0. The molecule has 0 radical (unpaired) electrons. The molecule has 1 N–H and O–H groups in total. The zero-order valence-corrected chi connectivity index (χ0v) is 17.2. The van der Waals surface area contributed by atoms with Gasteiger partial charge in [0.15, 0.2) is 5.78 Å². The molecule has 0 aliphatic heterocycles. The molecule has 0 fully saturated rings. The molecule has 1 atom stereocenters. The van der Waals surface area contributed by atoms with Crippen LogP contribution in [-0.4, -0.2) is 44.8 Å². The van der Waals surface area contributed by atoms with Crippen molar-refractivity contribution in [2.24, 2.45) is 11.3 Å². The van der Waals surface area contributed by atoms with Crippen molar-refractivity contribution in [2.75, 3.05) is 27.4 Å². The molecule has 4 nitrogen and oxygen atoms in total. The van der Waals surface area contributed by atoms with Crippen molar-refractivity contribution >= 4 is 5.78 Å². The van der Waals surface area contributed by atoms with Crippen LogP contribution in [0.4, 0.5) is 0 Å². The summed E-state index contributed by atoms with van der Waals surface area (Å²) in [6.07, 6.45) is 1.90. The number of hydrogen-bond acceptors (Lipinski definition) is 4. The van der Waals surface area contributed by atoms with E-state index in [-0.39, 0.29) is 22.8 Å². The zero-order chi connectivity index (χ0) is 18.7. The number of ketones is 1. The van der Waals surface area contributed by atoms with Gasteiger partial charge in [-0.25, -0.2) is 0 Å². The summed E-state index contributed by atoms with van der Waals surface area (Å²) < 4.78 is 9.91. The largest absolute Gasteiger partial charge is 0.385 e. The summed E-state index contributed by atoms with van der Waals surface area (Å²) in [4.78, 5) is 12.2. The fraction of sp³-hybridized carbons (Fsp3) is 0.947. The highest BCUT2D eigenvalue weighted by Crippen LogP contribution is 2.19. The highest BCUT2D eigenvalue weighted by Gasteiger charge is 2.31. The monoisotopic (exact) mass is 331 g/mol. The molecule has 0 bridgehead atoms. The minimum Gasteiger partial charge on any atom is -0.385 e. The van der Waals surface area contributed by atoms with Gasteiger partial charge in [0.25, 0.3) is 0 Å². The topological polar surface area (TPSA) is 47.6 Å². The minimum atomic E-state index is -0.309. The molecule has 4 heteroatoms. The van der Waals surface area contributed by atoms with Crippen LogP contribution < -0.4 is 5.32 Å². The van der Waals surface area contributed by atoms with E-state index in [1.165, 1.54) is 6.42 Å². The first kappa shape index (κ1) is 24.8. The van der Waals surface area contributed by atoms with Crippen molar-refractivity contribution in [1.82, 2.24) is 5.32 Å². The molecule has 23 heavy (non-hydrogen) atoms. The van der Waals surface area contributed by atoms with Crippen LogP contribution >= 0.6 is 0 Å². The van der Waals surface area contributed by atoms with E-state index in [2.05, 4.69) is 39.9 Å². The Bertz CT molecular complexity index is 301. The van der Waals surface area contributed by atoms with Gasteiger partial charge in [-0.1, -0.05) is 34.6 Å². The summed E-state index contributed by atoms with van der Waals surface area (Å²) in [5.41, 5.74) is -0.365. The van der Waals surface area contributed by atoms with Gasteiger partial charge < -0.3 is 14.8 Å². The van der Waals surface area contributed by atoms with Crippen LogP contribution in [0.25, 0.3) is 0 Å². The lowest BCUT2D eigenvalue weighted by Crippen LogP contribution is -2.51. The van der Waals surface area contributed by atoms with Gasteiger partial charge in [-0.05, 0) is 39.5 Å². The van der Waals surface area contributed by atoms with E-state index < -0.39 is 0 Å². The number of rotatable bonds is 8. The second-order valence-corrected chi connectivity index (χ2v) is 8.52. The molecule has 0 spiro atoms. The Morgan fingerprint density at radius 3 is 1.61 bits per heavy atom. The summed E-state index contributed by atoms with van der Waals surface area (Å²) in [6, 6.07) is -0.125. The molecule has 0 aliphatic carbocycles. The van der Waals surface area contributed by atoms with Gasteiger partial charge in [-0.15, -0.1) is 0 Å². The van der Waals surface area contributed by atoms with Gasteiger partial charge in [0.1, 0.15) is 0 Å². The Morgan fingerprint density at radius 1 is 0.913 bits per heavy atom. The molecule has 0 saturated carbocycles. The molecule has 0 heterocycles. The Kier molecular flexibility index (Phi) is 12.9. The molecule has 0 aromatic heterocycles. The third-order valence-electron chi connectivity index (χ3n) is 3.17. The lowest BCUT2D eigenvalue weighted by molar-refractivity contribution is -0.129. The van der Waals surface area contributed by atoms with Crippen LogP contribution in [0.15, 0.2) is 0 Å². The number of nitrogens with one attached hydrogen (secondary N) is 1. The van der Waals surface area contributed by atoms with E-state index in [0.717, 1.165) is 18.9 Å². The van der Waals surface area contributed by atoms with Crippen LogP contribution in [0, 0.1) is 11.3 Å². The van der Waals surface area contributed by atoms with Crippen LogP contribution in [0.1, 0.15) is 68.2 Å². The Balaban J connectivity index is 0. The summed E-state index contributed by atoms with van der Waals surface area (Å²) >= 11 is 0. The van der Waals surface area contributed by atoms with Crippen molar-refractivity contribution in [2.45, 2.75) is 79.8 Å². The standard InChI is InChI=1S/C13H27NO2.C6H14O/c1-12(2,3)11(15)10(8-9-16-7)14-13(4,5)6;1-6(2)4-5-7-3/h10,14H,8-9H2,1-7H3;6H,4-5H2,1-3H3. The van der Waals surface area contributed by atoms with Gasteiger partial charge in [-0.3, -0.25) is 4.79 Å². The van der Waals surface area contributed by atoms with E-state index in [1.54, 1.807) is 14.2 Å². The van der Waals surface area contributed by atoms with Gasteiger partial charge >= 0.3 is 0 Å². The predicted octanol–water partition coefficient (Wildman–Crippen LogP) is 4.07. The molecule has 0 aromatic rings. The van der Waals surface area contributed by atoms with Crippen LogP contribution in [0.3, 0.4) is 0 Å². The number of Topliss-reactive ketones (excluding diaryl/α,β-unsaturated/α-hetero) is 1. The molecule has 0 aliphatic rings. The average Bonchev–Trinajstić information content (AvgIpc) is 2.38. The fourth-order valence-corrected chi connectivity index (χ4v) is 1.90. The fourth-order valence-electron chi connectivity index (χ4n) is 1.90. The quantitative estimate of drug-likeness (QED) is 0.728. The highest BCUT2D eigenvalue weighted by molar-refractivity contribution is 5.88. The number of methoxy groups -OCH3 is 2. The molecule has 0 amide bonds. The van der Waals surface area contributed by atoms with Crippen molar-refractivity contribution < 1.29 is 14.3 Å². The molecule has 0 aromatic carbocycles. The van der Waals surface area contributed by atoms with Crippen molar-refractivity contribution in [3.05, 3.63) is 0 Å². The summed E-state index contributed by atoms with van der Waals surface area (Å²) in [6.45, 7) is 18.0. The summed E-state index contributed by atoms with van der Waals surface area (Å²) in [5, 5.41) is 3.37. The number of ether oxygens (including phenoxy) is 2. The highest BCUT2D eigenvalue weighted by atomic mass is 16.5. The van der Waals surface area contributed by atoms with E-state index in [0.29, 0.717) is 6.61 Å². The minimum absolute atomic E-state index is 0.0562. The molecule has 1 unspecified atom stereocenters. The Morgan fingerprint density at radius 2 is 1.35 bits per heavy atom. The molecule has 0 saturated heterocycles. The van der Waals surface area contributed by atoms with Crippen molar-refractivity contribution in [3.8, 4) is 0 Å². The smallest absolute Gasteiger partial charge is 0.155 e. The van der Waals surface area contributed by atoms with Gasteiger partial charge in [0.05, 0.1) is 6.04 Å². The number of carbonyl (C=O) groups excluding carboxylic acids is 1. The SMILES string of the molecule is COCCC(C)C.COCCC(NC(C)(C)C)C(=O)C(C)(C)C. The Hall–Kier alpha value is -0.450. The van der Waals surface area contributed by atoms with Crippen LogP contribution in [-0.2, 0) is 14.3 Å². The van der Waals surface area contributed by atoms with Gasteiger partial charge in [-0.2, -0.15) is 0 Å². The summed E-state index contributed by atoms with van der Waals surface area (Å²) in [7, 11) is 3.40. The molecule has 0 rings (SSSR count). The average molecular weight is 332 g/mol. The van der Waals surface area contributed by atoms with Crippen LogP contribution in [0.5, 0.6) is 0 Å². The summed E-state index contributed by atoms with van der Waals surface area (Å²) in [5.74, 6) is 1.03.